The maximum Gasteiger partial charge on any atom is 0.101 e. The molecule has 0 bridgehead atoms. The molecule has 0 spiro atoms. The number of pyridine rings is 1. The van der Waals surface area contributed by atoms with Crippen LogP contribution in [0.15, 0.2) is 18.6 Å². The van der Waals surface area contributed by atoms with Gasteiger partial charge in [0.25, 0.3) is 0 Å². The Kier molecular flexibility index (Phi) is 6.62. The number of aromatic nitrogens is 1. The molecule has 16 heavy (non-hydrogen) atoms. The molecule has 3 heteroatoms. The van der Waals surface area contributed by atoms with Crippen LogP contribution < -0.4 is 0 Å². The van der Waals surface area contributed by atoms with Crippen LogP contribution in [0.4, 0.5) is 0 Å². The second kappa shape index (κ2) is 7.47. The molecule has 86 valence electrons. The summed E-state index contributed by atoms with van der Waals surface area (Å²) >= 11 is 0. The van der Waals surface area contributed by atoms with Gasteiger partial charge >= 0.3 is 0 Å². The first-order chi connectivity index (χ1) is 7.65. The highest BCUT2D eigenvalue weighted by Gasteiger charge is 2.01. The molecule has 1 rings (SSSR count). The first kappa shape index (κ1) is 14.2. The second-order valence-corrected chi connectivity index (χ2v) is 3.31. The van der Waals surface area contributed by atoms with E-state index in [1.165, 1.54) is 0 Å². The lowest BCUT2D eigenvalue weighted by molar-refractivity contribution is 0.567. The summed E-state index contributed by atoms with van der Waals surface area (Å²) in [6.07, 6.45) is 7.19. The zero-order valence-electron chi connectivity index (χ0n) is 10.7. The molecule has 0 aromatic carbocycles. The van der Waals surface area contributed by atoms with Gasteiger partial charge in [0, 0.05) is 26.5 Å². The first-order valence-electron chi connectivity index (χ1n) is 5.34. The van der Waals surface area contributed by atoms with E-state index in [1.54, 1.807) is 12.4 Å². The Morgan fingerprint density at radius 1 is 1.31 bits per heavy atom. The third-order valence-electron chi connectivity index (χ3n) is 1.85. The monoisotopic (exact) mass is 217 g/mol. The second-order valence-electron chi connectivity index (χ2n) is 3.31. The number of nitrogens with zero attached hydrogens (tertiary/aromatic N) is 3. The SMILES string of the molecule is CC.Cc1cncc(C#N)c1/C=C/N(C)C. The van der Waals surface area contributed by atoms with Gasteiger partial charge in [-0.1, -0.05) is 13.8 Å². The van der Waals surface area contributed by atoms with Crippen LogP contribution in [0.25, 0.3) is 6.08 Å². The molecule has 0 saturated heterocycles. The highest BCUT2D eigenvalue weighted by atomic mass is 15.0. The van der Waals surface area contributed by atoms with Gasteiger partial charge in [-0.2, -0.15) is 5.26 Å². The summed E-state index contributed by atoms with van der Waals surface area (Å²) in [6.45, 7) is 5.95. The molecule has 0 radical (unpaired) electrons. The molecule has 1 aromatic heterocycles. The smallest absolute Gasteiger partial charge is 0.101 e. The maximum atomic E-state index is 8.87. The van der Waals surface area contributed by atoms with Gasteiger partial charge in [-0.3, -0.25) is 4.98 Å². The largest absolute Gasteiger partial charge is 0.383 e. The Labute approximate surface area is 98.0 Å². The first-order valence-corrected chi connectivity index (χ1v) is 5.34. The van der Waals surface area contributed by atoms with Gasteiger partial charge in [-0.15, -0.1) is 0 Å². The van der Waals surface area contributed by atoms with E-state index < -0.39 is 0 Å². The van der Waals surface area contributed by atoms with Crippen LogP contribution in [0.5, 0.6) is 0 Å². The van der Waals surface area contributed by atoms with E-state index in [2.05, 4.69) is 11.1 Å². The summed E-state index contributed by atoms with van der Waals surface area (Å²) in [7, 11) is 3.89. The molecule has 0 N–H and O–H groups in total. The van der Waals surface area contributed by atoms with Gasteiger partial charge in [-0.05, 0) is 30.3 Å². The topological polar surface area (TPSA) is 39.9 Å². The summed E-state index contributed by atoms with van der Waals surface area (Å²) < 4.78 is 0. The normalized spacial score (nSPS) is 9.25. The zero-order valence-corrected chi connectivity index (χ0v) is 10.7. The summed E-state index contributed by atoms with van der Waals surface area (Å²) in [4.78, 5) is 5.90. The molecule has 0 amide bonds. The third-order valence-corrected chi connectivity index (χ3v) is 1.85. The van der Waals surface area contributed by atoms with Gasteiger partial charge in [0.1, 0.15) is 6.07 Å². The highest BCUT2D eigenvalue weighted by molar-refractivity contribution is 5.60. The molecule has 1 heterocycles. The van der Waals surface area contributed by atoms with E-state index in [0.717, 1.165) is 11.1 Å². The van der Waals surface area contributed by atoms with Crippen molar-refractivity contribution in [2.45, 2.75) is 20.8 Å². The van der Waals surface area contributed by atoms with Crippen LogP contribution in [0.3, 0.4) is 0 Å². The molecule has 0 aliphatic carbocycles. The Morgan fingerprint density at radius 3 is 2.44 bits per heavy atom. The Balaban J connectivity index is 0.00000106. The summed E-state index contributed by atoms with van der Waals surface area (Å²) in [5.41, 5.74) is 2.57. The predicted octanol–water partition coefficient (Wildman–Crippen LogP) is 2.82. The molecular formula is C13H19N3. The van der Waals surface area contributed by atoms with Crippen molar-refractivity contribution in [3.05, 3.63) is 35.3 Å². The minimum absolute atomic E-state index is 0.614. The average molecular weight is 217 g/mol. The van der Waals surface area contributed by atoms with E-state index in [4.69, 9.17) is 5.26 Å². The van der Waals surface area contributed by atoms with Crippen LogP contribution in [0.1, 0.15) is 30.5 Å². The van der Waals surface area contributed by atoms with Gasteiger partial charge < -0.3 is 4.90 Å². The standard InChI is InChI=1S/C11H13N3.C2H6/c1-9-7-13-8-10(6-12)11(9)4-5-14(2)3;1-2/h4-5,7-8H,1-3H3;1-2H3/b5-4+;. The zero-order chi connectivity index (χ0) is 12.6. The maximum absolute atomic E-state index is 8.87. The average Bonchev–Trinajstić information content (AvgIpc) is 2.29. The van der Waals surface area contributed by atoms with Crippen LogP contribution in [0, 0.1) is 18.3 Å². The van der Waals surface area contributed by atoms with E-state index in [-0.39, 0.29) is 0 Å². The highest BCUT2D eigenvalue weighted by Crippen LogP contribution is 2.13. The minimum Gasteiger partial charge on any atom is -0.383 e. The molecule has 0 saturated carbocycles. The third kappa shape index (κ3) is 4.14. The molecule has 3 nitrogen and oxygen atoms in total. The molecule has 0 fully saturated rings. The lowest BCUT2D eigenvalue weighted by Gasteiger charge is -2.05. The van der Waals surface area contributed by atoms with E-state index in [0.29, 0.717) is 5.56 Å². The number of hydrogen-bond acceptors (Lipinski definition) is 3. The number of aryl methyl sites for hydroxylation is 1. The number of nitriles is 1. The summed E-state index contributed by atoms with van der Waals surface area (Å²) in [5, 5.41) is 8.87. The fourth-order valence-corrected chi connectivity index (χ4v) is 1.11. The van der Waals surface area contributed by atoms with Crippen molar-refractivity contribution in [1.29, 1.82) is 5.26 Å². The quantitative estimate of drug-likeness (QED) is 0.764. The molecule has 0 aliphatic heterocycles. The van der Waals surface area contributed by atoms with Crippen molar-refractivity contribution < 1.29 is 0 Å². The van der Waals surface area contributed by atoms with Crippen molar-refractivity contribution in [3.8, 4) is 6.07 Å². The van der Waals surface area contributed by atoms with Gasteiger partial charge in [-0.25, -0.2) is 0 Å². The lowest BCUT2D eigenvalue weighted by Crippen LogP contribution is -2.00. The van der Waals surface area contributed by atoms with Crippen LogP contribution >= 0.6 is 0 Å². The predicted molar refractivity (Wildman–Crippen MR) is 67.8 cm³/mol. The molecule has 0 aliphatic rings. The van der Waals surface area contributed by atoms with Crippen molar-refractivity contribution in [2.75, 3.05) is 14.1 Å². The van der Waals surface area contributed by atoms with E-state index in [1.807, 2.05) is 52.0 Å². The van der Waals surface area contributed by atoms with Crippen molar-refractivity contribution in [2.24, 2.45) is 0 Å². The van der Waals surface area contributed by atoms with Crippen molar-refractivity contribution in [3.63, 3.8) is 0 Å². The number of rotatable bonds is 2. The van der Waals surface area contributed by atoms with Gasteiger partial charge in [0.15, 0.2) is 0 Å². The molecular weight excluding hydrogens is 198 g/mol. The summed E-state index contributed by atoms with van der Waals surface area (Å²) in [5.74, 6) is 0. The lowest BCUT2D eigenvalue weighted by atomic mass is 10.1. The Hall–Kier alpha value is -1.82. The van der Waals surface area contributed by atoms with Crippen LogP contribution in [-0.2, 0) is 0 Å². The van der Waals surface area contributed by atoms with Crippen LogP contribution in [0.2, 0.25) is 0 Å². The molecule has 1 aromatic rings. The molecule has 0 atom stereocenters. The fourth-order valence-electron chi connectivity index (χ4n) is 1.11. The Bertz CT molecular complexity index is 387. The minimum atomic E-state index is 0.614. The van der Waals surface area contributed by atoms with Gasteiger partial charge in [0.05, 0.1) is 5.56 Å². The van der Waals surface area contributed by atoms with E-state index >= 15 is 0 Å². The van der Waals surface area contributed by atoms with Crippen molar-refractivity contribution >= 4 is 6.08 Å². The van der Waals surface area contributed by atoms with Crippen molar-refractivity contribution in [1.82, 2.24) is 9.88 Å². The number of hydrogen-bond donors (Lipinski definition) is 0. The van der Waals surface area contributed by atoms with E-state index in [9.17, 15) is 0 Å². The van der Waals surface area contributed by atoms with Gasteiger partial charge in [0.2, 0.25) is 0 Å². The Morgan fingerprint density at radius 2 is 1.94 bits per heavy atom. The van der Waals surface area contributed by atoms with Crippen LogP contribution in [-0.4, -0.2) is 24.0 Å². The summed E-state index contributed by atoms with van der Waals surface area (Å²) in [6, 6.07) is 2.13. The fraction of sp³-hybridized carbons (Fsp3) is 0.385. The molecule has 0 unspecified atom stereocenters.